The number of hydrogen-bond donors (Lipinski definition) is 3. The third-order valence-electron chi connectivity index (χ3n) is 5.61. The van der Waals surface area contributed by atoms with Crippen LogP contribution in [0.4, 0.5) is 4.79 Å². The van der Waals surface area contributed by atoms with Gasteiger partial charge in [0.05, 0.1) is 44.8 Å². The molecule has 0 radical (unpaired) electrons. The van der Waals surface area contributed by atoms with Crippen LogP contribution in [-0.4, -0.2) is 57.7 Å². The second-order valence-corrected chi connectivity index (χ2v) is 8.35. The van der Waals surface area contributed by atoms with Gasteiger partial charge in [0.2, 0.25) is 0 Å². The molecule has 2 aromatic rings. The maximum atomic E-state index is 12.6. The van der Waals surface area contributed by atoms with Crippen molar-refractivity contribution in [2.24, 2.45) is 5.10 Å². The first-order valence-corrected chi connectivity index (χ1v) is 12.8. The topological polar surface area (TPSA) is 146 Å². The van der Waals surface area contributed by atoms with Gasteiger partial charge >= 0.3 is 12.0 Å². The standard InChI is InChI=1S/C28H34N4O8/c1-6-37-21-11-9-18(13-23(21)38-7-2)15-29-32-24(33)16-40-20-12-10-19(14-22(20)36-5)26-25(27(34)39-8-3)17(4)30-28(35)31-26/h9-15,26H,6-8,16H2,1-5H3,(H,32,33)(H2,30,31,35)/b29-15+. The number of amides is 3. The SMILES string of the molecule is CCOC(=O)C1=C(C)NC(=O)NC1c1ccc(OCC(=O)N/N=C/c2ccc(OCC)c(OCC)c2)c(OC)c1. The minimum Gasteiger partial charge on any atom is -0.493 e. The number of nitrogens with one attached hydrogen (secondary N) is 3. The van der Waals surface area contributed by atoms with E-state index in [1.165, 1.54) is 13.3 Å². The molecule has 40 heavy (non-hydrogen) atoms. The van der Waals surface area contributed by atoms with Gasteiger partial charge < -0.3 is 34.3 Å². The number of benzene rings is 2. The van der Waals surface area contributed by atoms with Crippen molar-refractivity contribution in [2.45, 2.75) is 33.7 Å². The smallest absolute Gasteiger partial charge is 0.338 e. The van der Waals surface area contributed by atoms with E-state index in [9.17, 15) is 14.4 Å². The zero-order valence-electron chi connectivity index (χ0n) is 23.2. The van der Waals surface area contributed by atoms with E-state index < -0.39 is 23.9 Å². The van der Waals surface area contributed by atoms with Gasteiger partial charge in [0.15, 0.2) is 29.6 Å². The van der Waals surface area contributed by atoms with Crippen molar-refractivity contribution < 1.29 is 38.1 Å². The number of urea groups is 1. The molecule has 0 saturated carbocycles. The number of nitrogens with zero attached hydrogens (tertiary/aromatic N) is 1. The van der Waals surface area contributed by atoms with E-state index in [0.717, 1.165) is 0 Å². The van der Waals surface area contributed by atoms with E-state index in [-0.39, 0.29) is 24.5 Å². The molecule has 1 aliphatic rings. The van der Waals surface area contributed by atoms with Crippen LogP contribution in [0.15, 0.2) is 52.8 Å². The first-order valence-electron chi connectivity index (χ1n) is 12.8. The summed E-state index contributed by atoms with van der Waals surface area (Å²) < 4.78 is 27.4. The van der Waals surface area contributed by atoms with Crippen molar-refractivity contribution in [1.29, 1.82) is 0 Å². The molecule has 0 aliphatic carbocycles. The molecule has 12 heteroatoms. The molecule has 3 rings (SSSR count). The summed E-state index contributed by atoms with van der Waals surface area (Å²) >= 11 is 0. The van der Waals surface area contributed by atoms with Crippen LogP contribution in [0.5, 0.6) is 23.0 Å². The second-order valence-electron chi connectivity index (χ2n) is 8.35. The molecule has 3 amide bonds. The molecule has 2 aromatic carbocycles. The average Bonchev–Trinajstić information content (AvgIpc) is 2.93. The van der Waals surface area contributed by atoms with Crippen LogP contribution >= 0.6 is 0 Å². The molecule has 1 aliphatic heterocycles. The van der Waals surface area contributed by atoms with Crippen molar-refractivity contribution in [3.63, 3.8) is 0 Å². The Balaban J connectivity index is 1.66. The lowest BCUT2D eigenvalue weighted by molar-refractivity contribution is -0.139. The highest BCUT2D eigenvalue weighted by molar-refractivity contribution is 5.95. The van der Waals surface area contributed by atoms with Crippen LogP contribution in [0.2, 0.25) is 0 Å². The number of rotatable bonds is 13. The molecule has 0 fully saturated rings. The molecular formula is C28H34N4O8. The summed E-state index contributed by atoms with van der Waals surface area (Å²) in [5.41, 5.74) is 4.36. The molecule has 1 atom stereocenters. The highest BCUT2D eigenvalue weighted by Gasteiger charge is 2.32. The van der Waals surface area contributed by atoms with Crippen LogP contribution in [0.25, 0.3) is 0 Å². The molecular weight excluding hydrogens is 520 g/mol. The lowest BCUT2D eigenvalue weighted by Crippen LogP contribution is -2.45. The third-order valence-corrected chi connectivity index (χ3v) is 5.61. The van der Waals surface area contributed by atoms with Gasteiger partial charge in [-0.25, -0.2) is 15.0 Å². The van der Waals surface area contributed by atoms with Gasteiger partial charge in [-0.2, -0.15) is 5.10 Å². The van der Waals surface area contributed by atoms with Gasteiger partial charge in [0, 0.05) is 5.70 Å². The Kier molecular flexibility index (Phi) is 10.7. The largest absolute Gasteiger partial charge is 0.493 e. The van der Waals surface area contributed by atoms with Gasteiger partial charge in [-0.15, -0.1) is 0 Å². The minimum absolute atomic E-state index is 0.187. The third kappa shape index (κ3) is 7.65. The molecule has 0 aromatic heterocycles. The first kappa shape index (κ1) is 29.8. The fourth-order valence-electron chi connectivity index (χ4n) is 3.91. The number of methoxy groups -OCH3 is 1. The summed E-state index contributed by atoms with van der Waals surface area (Å²) in [5, 5.41) is 9.29. The number of carbonyl (C=O) groups is 3. The van der Waals surface area contributed by atoms with E-state index in [2.05, 4.69) is 21.2 Å². The summed E-state index contributed by atoms with van der Waals surface area (Å²) in [7, 11) is 1.44. The molecule has 0 saturated heterocycles. The average molecular weight is 555 g/mol. The van der Waals surface area contributed by atoms with Crippen LogP contribution in [0.1, 0.15) is 44.9 Å². The van der Waals surface area contributed by atoms with Crippen molar-refractivity contribution in [3.8, 4) is 23.0 Å². The van der Waals surface area contributed by atoms with E-state index in [0.29, 0.717) is 47.3 Å². The van der Waals surface area contributed by atoms with Crippen molar-refractivity contribution >= 4 is 24.1 Å². The lowest BCUT2D eigenvalue weighted by atomic mass is 9.95. The maximum absolute atomic E-state index is 12.6. The quantitative estimate of drug-likeness (QED) is 0.194. The van der Waals surface area contributed by atoms with Crippen molar-refractivity contribution in [2.75, 3.05) is 33.5 Å². The molecule has 214 valence electrons. The molecule has 0 spiro atoms. The van der Waals surface area contributed by atoms with Gasteiger partial charge in [0.25, 0.3) is 5.91 Å². The van der Waals surface area contributed by atoms with Crippen molar-refractivity contribution in [3.05, 3.63) is 58.8 Å². The van der Waals surface area contributed by atoms with Crippen LogP contribution in [-0.2, 0) is 14.3 Å². The van der Waals surface area contributed by atoms with Gasteiger partial charge in [-0.1, -0.05) is 6.07 Å². The zero-order valence-corrected chi connectivity index (χ0v) is 23.2. The zero-order chi connectivity index (χ0) is 29.1. The van der Waals surface area contributed by atoms with Crippen LogP contribution in [0, 0.1) is 0 Å². The maximum Gasteiger partial charge on any atom is 0.338 e. The number of allylic oxidation sites excluding steroid dienone is 1. The van der Waals surface area contributed by atoms with E-state index in [1.54, 1.807) is 50.2 Å². The highest BCUT2D eigenvalue weighted by atomic mass is 16.5. The predicted octanol–water partition coefficient (Wildman–Crippen LogP) is 3.21. The fraction of sp³-hybridized carbons (Fsp3) is 0.357. The summed E-state index contributed by atoms with van der Waals surface area (Å²) in [5.74, 6) is 0.768. The Morgan fingerprint density at radius 1 is 0.950 bits per heavy atom. The van der Waals surface area contributed by atoms with Crippen LogP contribution in [0.3, 0.4) is 0 Å². The second kappa shape index (κ2) is 14.4. The molecule has 0 bridgehead atoms. The van der Waals surface area contributed by atoms with E-state index in [1.807, 2.05) is 13.8 Å². The van der Waals surface area contributed by atoms with Gasteiger partial charge in [-0.05, 0) is 69.2 Å². The minimum atomic E-state index is -0.765. The predicted molar refractivity (Wildman–Crippen MR) is 147 cm³/mol. The number of hydrazone groups is 1. The molecule has 1 heterocycles. The van der Waals surface area contributed by atoms with Gasteiger partial charge in [0.1, 0.15) is 0 Å². The lowest BCUT2D eigenvalue weighted by Gasteiger charge is -2.28. The Morgan fingerprint density at radius 2 is 1.65 bits per heavy atom. The number of hydrogen-bond acceptors (Lipinski definition) is 9. The van der Waals surface area contributed by atoms with E-state index >= 15 is 0 Å². The van der Waals surface area contributed by atoms with Gasteiger partial charge in [-0.3, -0.25) is 4.79 Å². The van der Waals surface area contributed by atoms with Crippen LogP contribution < -0.4 is 35.0 Å². The monoisotopic (exact) mass is 554 g/mol. The molecule has 3 N–H and O–H groups in total. The summed E-state index contributed by atoms with van der Waals surface area (Å²) in [6.07, 6.45) is 1.48. The molecule has 1 unspecified atom stereocenters. The number of ether oxygens (including phenoxy) is 5. The Labute approximate surface area is 232 Å². The Morgan fingerprint density at radius 3 is 2.35 bits per heavy atom. The number of esters is 1. The normalized spacial score (nSPS) is 14.7. The summed E-state index contributed by atoms with van der Waals surface area (Å²) in [4.78, 5) is 37.0. The first-order chi connectivity index (χ1) is 19.3. The van der Waals surface area contributed by atoms with Crippen molar-refractivity contribution in [1.82, 2.24) is 16.1 Å². The van der Waals surface area contributed by atoms with E-state index in [4.69, 9.17) is 23.7 Å². The highest BCUT2D eigenvalue weighted by Crippen LogP contribution is 2.34. The Bertz CT molecular complexity index is 1290. The molecule has 12 nitrogen and oxygen atoms in total. The summed E-state index contributed by atoms with van der Waals surface area (Å²) in [6.45, 7) is 7.94. The fourth-order valence-corrected chi connectivity index (χ4v) is 3.91. The Hall–Kier alpha value is -4.74. The summed E-state index contributed by atoms with van der Waals surface area (Å²) in [6, 6.07) is 8.99. The number of carbonyl (C=O) groups excluding carboxylic acids is 3.